The van der Waals surface area contributed by atoms with E-state index in [1.54, 1.807) is 0 Å². The molecule has 2 fully saturated rings. The molecule has 72 valence electrons. The fourth-order valence-corrected chi connectivity index (χ4v) is 2.46. The Morgan fingerprint density at radius 1 is 1.17 bits per heavy atom. The zero-order valence-corrected chi connectivity index (χ0v) is 8.72. The first-order valence-electron chi connectivity index (χ1n) is 4.83. The Labute approximate surface area is 81.1 Å². The van der Waals surface area contributed by atoms with Crippen LogP contribution in [0.1, 0.15) is 13.8 Å². The molecule has 2 heterocycles. The van der Waals surface area contributed by atoms with E-state index in [4.69, 9.17) is 0 Å². The standard InChI is InChI=1S/C9H18N2.ClH/c1-7(2)11-5-8-3-10-4-9(8)6-11;/h7-10H,3-6H2,1-2H3;1H/t8-,9+;. The molecule has 12 heavy (non-hydrogen) atoms. The van der Waals surface area contributed by atoms with Gasteiger partial charge in [0.15, 0.2) is 0 Å². The summed E-state index contributed by atoms with van der Waals surface area (Å²) in [6.07, 6.45) is 0. The van der Waals surface area contributed by atoms with Crippen molar-refractivity contribution in [3.05, 3.63) is 0 Å². The highest BCUT2D eigenvalue weighted by Crippen LogP contribution is 2.24. The van der Waals surface area contributed by atoms with E-state index in [1.807, 2.05) is 0 Å². The molecular weight excluding hydrogens is 172 g/mol. The molecule has 0 radical (unpaired) electrons. The number of hydrogen-bond donors (Lipinski definition) is 1. The Hall–Kier alpha value is 0.210. The number of rotatable bonds is 1. The third-order valence-corrected chi connectivity index (χ3v) is 3.27. The van der Waals surface area contributed by atoms with E-state index >= 15 is 0 Å². The maximum absolute atomic E-state index is 2.63. The SMILES string of the molecule is CC(C)N1C[C@H]2C[NH2+]C[C@H]2C1.[Cl-]. The quantitative estimate of drug-likeness (QED) is 0.456. The highest BCUT2D eigenvalue weighted by atomic mass is 35.5. The van der Waals surface area contributed by atoms with Crippen molar-refractivity contribution in [1.82, 2.24) is 4.90 Å². The summed E-state index contributed by atoms with van der Waals surface area (Å²) in [5, 5.41) is 2.48. The van der Waals surface area contributed by atoms with Crippen molar-refractivity contribution in [2.24, 2.45) is 11.8 Å². The maximum Gasteiger partial charge on any atom is 0.0801 e. The summed E-state index contributed by atoms with van der Waals surface area (Å²) in [7, 11) is 0. The molecule has 2 aliphatic heterocycles. The average molecular weight is 191 g/mol. The minimum atomic E-state index is 0. The van der Waals surface area contributed by atoms with E-state index in [2.05, 4.69) is 24.1 Å². The van der Waals surface area contributed by atoms with Crippen LogP contribution in [0, 0.1) is 11.8 Å². The van der Waals surface area contributed by atoms with Gasteiger partial charge in [0.2, 0.25) is 0 Å². The predicted octanol–water partition coefficient (Wildman–Crippen LogP) is -3.48. The van der Waals surface area contributed by atoms with Gasteiger partial charge in [0.25, 0.3) is 0 Å². The number of nitrogens with zero attached hydrogens (tertiary/aromatic N) is 1. The van der Waals surface area contributed by atoms with Gasteiger partial charge >= 0.3 is 0 Å². The van der Waals surface area contributed by atoms with Gasteiger partial charge in [0, 0.05) is 31.0 Å². The molecule has 2 aliphatic rings. The fraction of sp³-hybridized carbons (Fsp3) is 1.00. The molecule has 0 amide bonds. The lowest BCUT2D eigenvalue weighted by atomic mass is 10.0. The monoisotopic (exact) mass is 190 g/mol. The first-order valence-corrected chi connectivity index (χ1v) is 4.83. The molecule has 2 N–H and O–H groups in total. The summed E-state index contributed by atoms with van der Waals surface area (Å²) in [5.41, 5.74) is 0. The number of quaternary nitrogens is 1. The van der Waals surface area contributed by atoms with Crippen LogP contribution in [0.2, 0.25) is 0 Å². The largest absolute Gasteiger partial charge is 1.00 e. The first-order chi connectivity index (χ1) is 5.27. The van der Waals surface area contributed by atoms with E-state index in [1.165, 1.54) is 26.2 Å². The minimum absolute atomic E-state index is 0. The van der Waals surface area contributed by atoms with Gasteiger partial charge in [-0.2, -0.15) is 0 Å². The van der Waals surface area contributed by atoms with Gasteiger partial charge in [-0.3, -0.25) is 4.90 Å². The average Bonchev–Trinajstić information content (AvgIpc) is 2.40. The summed E-state index contributed by atoms with van der Waals surface area (Å²) >= 11 is 0. The van der Waals surface area contributed by atoms with Crippen LogP contribution in [-0.4, -0.2) is 37.1 Å². The topological polar surface area (TPSA) is 19.9 Å². The maximum atomic E-state index is 2.63. The highest BCUT2D eigenvalue weighted by Gasteiger charge is 2.39. The van der Waals surface area contributed by atoms with Gasteiger partial charge in [-0.05, 0) is 13.8 Å². The Kier molecular flexibility index (Phi) is 3.38. The van der Waals surface area contributed by atoms with E-state index in [0.717, 1.165) is 17.9 Å². The second-order valence-corrected chi connectivity index (χ2v) is 4.33. The number of fused-ring (bicyclic) bond motifs is 1. The van der Waals surface area contributed by atoms with Crippen LogP contribution < -0.4 is 17.7 Å². The van der Waals surface area contributed by atoms with Gasteiger partial charge in [-0.25, -0.2) is 0 Å². The number of nitrogens with two attached hydrogens (primary N) is 1. The zero-order valence-electron chi connectivity index (χ0n) is 7.96. The molecule has 0 unspecified atom stereocenters. The van der Waals surface area contributed by atoms with Gasteiger partial charge in [0.05, 0.1) is 13.1 Å². The zero-order chi connectivity index (χ0) is 7.84. The van der Waals surface area contributed by atoms with Crippen LogP contribution in [0.3, 0.4) is 0 Å². The van der Waals surface area contributed by atoms with Crippen molar-refractivity contribution in [2.75, 3.05) is 26.2 Å². The third kappa shape index (κ3) is 1.76. The Bertz CT molecular complexity index is 137. The Balaban J connectivity index is 0.000000720. The summed E-state index contributed by atoms with van der Waals surface area (Å²) in [4.78, 5) is 2.63. The van der Waals surface area contributed by atoms with Crippen LogP contribution >= 0.6 is 0 Å². The lowest BCUT2D eigenvalue weighted by Crippen LogP contribution is -3.00. The fourth-order valence-electron chi connectivity index (χ4n) is 2.46. The van der Waals surface area contributed by atoms with Crippen molar-refractivity contribution in [3.63, 3.8) is 0 Å². The van der Waals surface area contributed by atoms with Crippen molar-refractivity contribution in [3.8, 4) is 0 Å². The molecule has 2 nitrogen and oxygen atoms in total. The predicted molar refractivity (Wildman–Crippen MR) is 45.3 cm³/mol. The van der Waals surface area contributed by atoms with Gasteiger partial charge in [-0.15, -0.1) is 0 Å². The van der Waals surface area contributed by atoms with Crippen LogP contribution in [0.5, 0.6) is 0 Å². The van der Waals surface area contributed by atoms with Crippen molar-refractivity contribution in [2.45, 2.75) is 19.9 Å². The first kappa shape index (κ1) is 10.3. The molecule has 2 saturated heterocycles. The molecule has 0 aromatic carbocycles. The number of likely N-dealkylation sites (tertiary alicyclic amines) is 1. The molecule has 0 aromatic rings. The highest BCUT2D eigenvalue weighted by molar-refractivity contribution is 4.86. The Morgan fingerprint density at radius 3 is 2.08 bits per heavy atom. The second-order valence-electron chi connectivity index (χ2n) is 4.33. The molecule has 0 spiro atoms. The number of hydrogen-bond acceptors (Lipinski definition) is 1. The van der Waals surface area contributed by atoms with E-state index < -0.39 is 0 Å². The molecule has 0 bridgehead atoms. The van der Waals surface area contributed by atoms with Gasteiger partial charge in [0.1, 0.15) is 0 Å². The van der Waals surface area contributed by atoms with Crippen LogP contribution in [0.15, 0.2) is 0 Å². The normalized spacial score (nSPS) is 35.2. The molecular formula is C9H19ClN2. The van der Waals surface area contributed by atoms with Crippen LogP contribution in [0.4, 0.5) is 0 Å². The molecule has 3 heteroatoms. The molecule has 0 saturated carbocycles. The van der Waals surface area contributed by atoms with Crippen molar-refractivity contribution in [1.29, 1.82) is 0 Å². The molecule has 2 rings (SSSR count). The van der Waals surface area contributed by atoms with Crippen molar-refractivity contribution < 1.29 is 17.7 Å². The van der Waals surface area contributed by atoms with Crippen molar-refractivity contribution >= 4 is 0 Å². The lowest BCUT2D eigenvalue weighted by Gasteiger charge is -2.20. The van der Waals surface area contributed by atoms with E-state index in [-0.39, 0.29) is 12.4 Å². The summed E-state index contributed by atoms with van der Waals surface area (Å²) in [6, 6.07) is 0.764. The second kappa shape index (κ2) is 3.95. The smallest absolute Gasteiger partial charge is 0.0801 e. The van der Waals surface area contributed by atoms with Crippen LogP contribution in [-0.2, 0) is 0 Å². The van der Waals surface area contributed by atoms with E-state index in [9.17, 15) is 0 Å². The molecule has 0 aliphatic carbocycles. The molecule has 0 aromatic heterocycles. The summed E-state index contributed by atoms with van der Waals surface area (Å²) in [5.74, 6) is 2.02. The lowest BCUT2D eigenvalue weighted by molar-refractivity contribution is -0.640. The van der Waals surface area contributed by atoms with E-state index in [0.29, 0.717) is 0 Å². The van der Waals surface area contributed by atoms with Gasteiger partial charge in [-0.1, -0.05) is 0 Å². The number of halogens is 1. The third-order valence-electron chi connectivity index (χ3n) is 3.27. The summed E-state index contributed by atoms with van der Waals surface area (Å²) < 4.78 is 0. The van der Waals surface area contributed by atoms with Crippen LogP contribution in [0.25, 0.3) is 0 Å². The Morgan fingerprint density at radius 2 is 1.67 bits per heavy atom. The minimum Gasteiger partial charge on any atom is -1.00 e. The summed E-state index contributed by atoms with van der Waals surface area (Å²) in [6.45, 7) is 10.1. The van der Waals surface area contributed by atoms with Gasteiger partial charge < -0.3 is 17.7 Å². The molecule has 2 atom stereocenters.